The second-order valence-electron chi connectivity index (χ2n) is 8.87. The second-order valence-corrected chi connectivity index (χ2v) is 8.87. The summed E-state index contributed by atoms with van der Waals surface area (Å²) in [5, 5.41) is 26.9. The lowest BCUT2D eigenvalue weighted by atomic mass is 10.0. The van der Waals surface area contributed by atoms with Crippen LogP contribution in [0.5, 0.6) is 5.75 Å². The molecule has 4 aromatic rings. The molecule has 12 heteroatoms. The number of rotatable bonds is 6. The molecule has 5 rings (SSSR count). The van der Waals surface area contributed by atoms with E-state index in [1.165, 1.54) is 11.4 Å². The maximum atomic E-state index is 14.5. The van der Waals surface area contributed by atoms with E-state index in [2.05, 4.69) is 25.7 Å². The van der Waals surface area contributed by atoms with Crippen molar-refractivity contribution in [2.24, 2.45) is 0 Å². The Morgan fingerprint density at radius 3 is 2.69 bits per heavy atom. The van der Waals surface area contributed by atoms with Gasteiger partial charge in [-0.2, -0.15) is 5.10 Å². The summed E-state index contributed by atoms with van der Waals surface area (Å²) in [6.07, 6.45) is 5.34. The molecule has 2 N–H and O–H groups in total. The molecule has 1 aliphatic rings. The Labute approximate surface area is 198 Å². The first kappa shape index (κ1) is 23.2. The highest BCUT2D eigenvalue weighted by Gasteiger charge is 2.31. The lowest BCUT2D eigenvalue weighted by Gasteiger charge is -2.24. The van der Waals surface area contributed by atoms with Gasteiger partial charge in [-0.3, -0.25) is 4.98 Å². The number of ether oxygens (including phenoxy) is 1. The highest BCUT2D eigenvalue weighted by molar-refractivity contribution is 5.70. The first-order valence-electron chi connectivity index (χ1n) is 11.2. The summed E-state index contributed by atoms with van der Waals surface area (Å²) in [4.78, 5) is 3.66. The number of nitrogens with one attached hydrogen (secondary N) is 1. The maximum absolute atomic E-state index is 14.5. The SMILES string of the molecule is Cc1c(-c2cc(OCC(C)(O)c3ncc(F)cc3F)c3c(F)cnn3c2)nnn1C1CCNCC1. The summed E-state index contributed by atoms with van der Waals surface area (Å²) >= 11 is 0. The van der Waals surface area contributed by atoms with E-state index in [9.17, 15) is 18.3 Å². The van der Waals surface area contributed by atoms with Gasteiger partial charge in [0.2, 0.25) is 0 Å². The van der Waals surface area contributed by atoms with Crippen molar-refractivity contribution >= 4 is 5.52 Å². The molecule has 184 valence electrons. The largest absolute Gasteiger partial charge is 0.488 e. The van der Waals surface area contributed by atoms with Gasteiger partial charge in [-0.1, -0.05) is 5.21 Å². The minimum atomic E-state index is -1.92. The van der Waals surface area contributed by atoms with E-state index in [4.69, 9.17) is 4.74 Å². The van der Waals surface area contributed by atoms with E-state index in [1.54, 1.807) is 12.3 Å². The third-order valence-corrected chi connectivity index (χ3v) is 6.21. The molecule has 0 aliphatic carbocycles. The Bertz CT molecular complexity index is 1380. The topological polar surface area (TPSA) is 102 Å². The fourth-order valence-electron chi connectivity index (χ4n) is 4.39. The molecular weight excluding hydrogens is 463 g/mol. The monoisotopic (exact) mass is 487 g/mol. The third kappa shape index (κ3) is 4.34. The Morgan fingerprint density at radius 2 is 1.94 bits per heavy atom. The van der Waals surface area contributed by atoms with Gasteiger partial charge in [0.25, 0.3) is 0 Å². The Kier molecular flexibility index (Phi) is 5.93. The number of halogens is 3. The van der Waals surface area contributed by atoms with Crippen molar-refractivity contribution in [2.75, 3.05) is 19.7 Å². The van der Waals surface area contributed by atoms with E-state index in [0.29, 0.717) is 17.3 Å². The Hall–Kier alpha value is -3.51. The quantitative estimate of drug-likeness (QED) is 0.431. The fraction of sp³-hybridized carbons (Fsp3) is 0.391. The average molecular weight is 487 g/mol. The van der Waals surface area contributed by atoms with Crippen molar-refractivity contribution < 1.29 is 23.0 Å². The number of pyridine rings is 2. The smallest absolute Gasteiger partial charge is 0.172 e. The van der Waals surface area contributed by atoms with Gasteiger partial charge in [-0.05, 0) is 45.8 Å². The van der Waals surface area contributed by atoms with Gasteiger partial charge in [0.15, 0.2) is 11.6 Å². The molecule has 4 aromatic heterocycles. The summed E-state index contributed by atoms with van der Waals surface area (Å²) < 4.78 is 51.0. The maximum Gasteiger partial charge on any atom is 0.172 e. The van der Waals surface area contributed by atoms with Gasteiger partial charge >= 0.3 is 0 Å². The van der Waals surface area contributed by atoms with Gasteiger partial charge < -0.3 is 15.2 Å². The van der Waals surface area contributed by atoms with Crippen LogP contribution in [0.15, 0.2) is 30.7 Å². The molecule has 1 fully saturated rings. The van der Waals surface area contributed by atoms with E-state index >= 15 is 0 Å². The highest BCUT2D eigenvalue weighted by atomic mass is 19.1. The first-order valence-corrected chi connectivity index (χ1v) is 11.2. The molecule has 1 unspecified atom stereocenters. The molecule has 35 heavy (non-hydrogen) atoms. The zero-order valence-corrected chi connectivity index (χ0v) is 19.2. The number of aliphatic hydroxyl groups is 1. The molecule has 5 heterocycles. The molecule has 0 radical (unpaired) electrons. The standard InChI is InChI=1S/C23H24F3N7O2/c1-13-20(30-31-33(13)16-3-5-27-6-4-16)14-7-19(21-18(26)10-29-32(21)11-14)35-12-23(2,34)22-17(25)8-15(24)9-28-22/h7-11,16,27,34H,3-6,12H2,1-2H3. The van der Waals surface area contributed by atoms with Crippen molar-refractivity contribution in [2.45, 2.75) is 38.3 Å². The van der Waals surface area contributed by atoms with E-state index in [-0.39, 0.29) is 23.0 Å². The van der Waals surface area contributed by atoms with Gasteiger partial charge in [0, 0.05) is 17.8 Å². The number of aromatic nitrogens is 6. The van der Waals surface area contributed by atoms with E-state index < -0.39 is 29.7 Å². The predicted molar refractivity (Wildman–Crippen MR) is 119 cm³/mol. The van der Waals surface area contributed by atoms with Crippen molar-refractivity contribution in [1.82, 2.24) is 34.9 Å². The minimum Gasteiger partial charge on any atom is -0.488 e. The van der Waals surface area contributed by atoms with Crippen molar-refractivity contribution in [3.63, 3.8) is 0 Å². The lowest BCUT2D eigenvalue weighted by Crippen LogP contribution is -2.32. The molecule has 0 saturated carbocycles. The van der Waals surface area contributed by atoms with Crippen LogP contribution in [0.25, 0.3) is 16.8 Å². The average Bonchev–Trinajstić information content (AvgIpc) is 3.40. The normalized spacial score (nSPS) is 16.5. The molecule has 1 saturated heterocycles. The summed E-state index contributed by atoms with van der Waals surface area (Å²) in [7, 11) is 0. The summed E-state index contributed by atoms with van der Waals surface area (Å²) in [6, 6.07) is 2.43. The zero-order valence-electron chi connectivity index (χ0n) is 19.2. The van der Waals surface area contributed by atoms with Crippen LogP contribution in [0.4, 0.5) is 13.2 Å². The Balaban J connectivity index is 1.49. The molecule has 0 spiro atoms. The number of hydrogen-bond acceptors (Lipinski definition) is 7. The number of fused-ring (bicyclic) bond motifs is 1. The lowest BCUT2D eigenvalue weighted by molar-refractivity contribution is 0.000945. The predicted octanol–water partition coefficient (Wildman–Crippen LogP) is 2.92. The molecule has 0 aromatic carbocycles. The fourth-order valence-corrected chi connectivity index (χ4v) is 4.39. The second kappa shape index (κ2) is 8.93. The minimum absolute atomic E-state index is 0.0421. The van der Waals surface area contributed by atoms with E-state index in [1.807, 2.05) is 11.6 Å². The van der Waals surface area contributed by atoms with Crippen molar-refractivity contribution in [3.8, 4) is 17.0 Å². The molecule has 1 atom stereocenters. The number of hydrogen-bond donors (Lipinski definition) is 2. The van der Waals surface area contributed by atoms with Crippen LogP contribution in [0.3, 0.4) is 0 Å². The van der Waals surface area contributed by atoms with Crippen LogP contribution in [0, 0.1) is 24.4 Å². The highest BCUT2D eigenvalue weighted by Crippen LogP contribution is 2.33. The van der Waals surface area contributed by atoms with Crippen LogP contribution in [0.1, 0.15) is 37.2 Å². The summed E-state index contributed by atoms with van der Waals surface area (Å²) in [5.74, 6) is -2.45. The van der Waals surface area contributed by atoms with Gasteiger partial charge in [0.05, 0.1) is 24.1 Å². The van der Waals surface area contributed by atoms with Crippen molar-refractivity contribution in [3.05, 3.63) is 59.6 Å². The van der Waals surface area contributed by atoms with Crippen LogP contribution >= 0.6 is 0 Å². The number of piperidine rings is 1. The molecule has 0 bridgehead atoms. The van der Waals surface area contributed by atoms with Gasteiger partial charge in [0.1, 0.15) is 40.7 Å². The van der Waals surface area contributed by atoms with Crippen LogP contribution in [-0.2, 0) is 5.60 Å². The molecule has 1 aliphatic heterocycles. The summed E-state index contributed by atoms with van der Waals surface area (Å²) in [6.45, 7) is 4.52. The Morgan fingerprint density at radius 1 is 1.17 bits per heavy atom. The van der Waals surface area contributed by atoms with Gasteiger partial charge in [-0.25, -0.2) is 22.4 Å². The molecular formula is C23H24F3N7O2. The molecule has 0 amide bonds. The van der Waals surface area contributed by atoms with Crippen LogP contribution in [0.2, 0.25) is 0 Å². The molecule has 9 nitrogen and oxygen atoms in total. The summed E-state index contributed by atoms with van der Waals surface area (Å²) in [5.41, 5.74) is -0.251. The van der Waals surface area contributed by atoms with Crippen LogP contribution < -0.4 is 10.1 Å². The van der Waals surface area contributed by atoms with E-state index in [0.717, 1.165) is 44.0 Å². The van der Waals surface area contributed by atoms with Crippen molar-refractivity contribution in [1.29, 1.82) is 0 Å². The number of nitrogens with zero attached hydrogens (tertiary/aromatic N) is 6. The zero-order chi connectivity index (χ0) is 24.7. The van der Waals surface area contributed by atoms with Crippen LogP contribution in [-0.4, -0.2) is 54.4 Å². The third-order valence-electron chi connectivity index (χ3n) is 6.21. The first-order chi connectivity index (χ1) is 16.7. The van der Waals surface area contributed by atoms with Gasteiger partial charge in [-0.15, -0.1) is 5.10 Å².